The highest BCUT2D eigenvalue weighted by Crippen LogP contribution is 2.58. The molecule has 2 unspecified atom stereocenters. The van der Waals surface area contributed by atoms with Crippen LogP contribution in [0.5, 0.6) is 0 Å². The number of aliphatic hydroxyl groups is 1. The number of rotatable bonds is 6. The van der Waals surface area contributed by atoms with E-state index in [1.165, 1.54) is 29.1 Å². The highest BCUT2D eigenvalue weighted by molar-refractivity contribution is 6.31. The molecular weight excluding hydrogens is 564 g/mol. The molecule has 41 heavy (non-hydrogen) atoms. The topological polar surface area (TPSA) is 102 Å². The Morgan fingerprint density at radius 2 is 1.85 bits per heavy atom. The first-order valence-corrected chi connectivity index (χ1v) is 14.0. The van der Waals surface area contributed by atoms with E-state index >= 15 is 0 Å². The molecule has 2 saturated carbocycles. The van der Waals surface area contributed by atoms with Crippen molar-refractivity contribution in [3.63, 3.8) is 0 Å². The smallest absolute Gasteiger partial charge is 0.385 e. The zero-order valence-corrected chi connectivity index (χ0v) is 23.4. The number of nitrogens with two attached hydrogens (primary N) is 1. The summed E-state index contributed by atoms with van der Waals surface area (Å²) in [5, 5.41) is 15.4. The summed E-state index contributed by atoms with van der Waals surface area (Å²) < 4.78 is 58.7. The summed E-state index contributed by atoms with van der Waals surface area (Å²) in [5.74, 6) is -0.922. The van der Waals surface area contributed by atoms with Gasteiger partial charge in [0.1, 0.15) is 17.3 Å². The van der Waals surface area contributed by atoms with Crippen molar-refractivity contribution < 1.29 is 27.5 Å². The Hall–Kier alpha value is -2.96. The van der Waals surface area contributed by atoms with E-state index in [0.717, 1.165) is 13.1 Å². The number of halogens is 5. The summed E-state index contributed by atoms with van der Waals surface area (Å²) in [6.45, 7) is 1.96. The molecule has 1 aliphatic heterocycles. The van der Waals surface area contributed by atoms with Crippen LogP contribution in [0.15, 0.2) is 24.4 Å². The highest BCUT2D eigenvalue weighted by atomic mass is 35.5. The Labute approximate surface area is 239 Å². The molecule has 13 heteroatoms. The van der Waals surface area contributed by atoms with Crippen molar-refractivity contribution in [1.29, 1.82) is 0 Å². The van der Waals surface area contributed by atoms with Crippen LogP contribution >= 0.6 is 11.6 Å². The predicted octanol–water partition coefficient (Wildman–Crippen LogP) is 4.55. The van der Waals surface area contributed by atoms with Crippen LogP contribution in [0.2, 0.25) is 5.02 Å². The molecule has 3 N–H and O–H groups in total. The third-order valence-corrected chi connectivity index (χ3v) is 9.37. The molecule has 0 spiro atoms. The number of benzene rings is 1. The first kappa shape index (κ1) is 28.2. The van der Waals surface area contributed by atoms with Crippen LogP contribution in [0, 0.1) is 23.6 Å². The minimum atomic E-state index is -4.68. The largest absolute Gasteiger partial charge is 0.435 e. The molecule has 8 nitrogen and oxygen atoms in total. The molecule has 3 fully saturated rings. The van der Waals surface area contributed by atoms with Crippen molar-refractivity contribution in [2.45, 2.75) is 49.9 Å². The third-order valence-electron chi connectivity index (χ3n) is 9.08. The van der Waals surface area contributed by atoms with Gasteiger partial charge in [-0.05, 0) is 62.8 Å². The minimum absolute atomic E-state index is 0.0684. The van der Waals surface area contributed by atoms with E-state index in [1.54, 1.807) is 11.6 Å². The zero-order chi connectivity index (χ0) is 29.4. The second-order valence-corrected chi connectivity index (χ2v) is 12.5. The number of carbonyl (C=O) groups excluding carboxylic acids is 1. The number of aromatic nitrogens is 4. The molecule has 2 atom stereocenters. The van der Waals surface area contributed by atoms with Gasteiger partial charge in [0.15, 0.2) is 5.69 Å². The molecule has 6 rings (SSSR count). The van der Waals surface area contributed by atoms with E-state index in [2.05, 4.69) is 10.00 Å². The van der Waals surface area contributed by atoms with Gasteiger partial charge in [0.2, 0.25) is 0 Å². The van der Waals surface area contributed by atoms with Crippen LogP contribution in [0.25, 0.3) is 11.4 Å². The summed E-state index contributed by atoms with van der Waals surface area (Å²) in [7, 11) is 3.60. The molecule has 2 aliphatic carbocycles. The molecule has 1 amide bonds. The number of hydrogen-bond donors (Lipinski definition) is 2. The van der Waals surface area contributed by atoms with Gasteiger partial charge in [0.25, 0.3) is 5.91 Å². The van der Waals surface area contributed by atoms with Crippen molar-refractivity contribution in [1.82, 2.24) is 24.2 Å². The number of imidazole rings is 1. The molecule has 1 saturated heterocycles. The predicted molar refractivity (Wildman–Crippen MR) is 142 cm³/mol. The number of fused-ring (bicyclic) bond motifs is 1. The van der Waals surface area contributed by atoms with Crippen LogP contribution in [0.4, 0.5) is 17.6 Å². The molecule has 3 heterocycles. The van der Waals surface area contributed by atoms with Gasteiger partial charge in [-0.15, -0.1) is 0 Å². The average molecular weight is 595 g/mol. The summed E-state index contributed by atoms with van der Waals surface area (Å²) in [4.78, 5) is 19.3. The maximum absolute atomic E-state index is 14.0. The summed E-state index contributed by atoms with van der Waals surface area (Å²) in [6, 6.07) is 4.17. The lowest BCUT2D eigenvalue weighted by molar-refractivity contribution is -0.144. The second kappa shape index (κ2) is 9.81. The monoisotopic (exact) mass is 594 g/mol. The molecule has 220 valence electrons. The highest BCUT2D eigenvalue weighted by Gasteiger charge is 2.54. The van der Waals surface area contributed by atoms with Gasteiger partial charge in [0, 0.05) is 55.8 Å². The van der Waals surface area contributed by atoms with Gasteiger partial charge < -0.3 is 20.3 Å². The maximum Gasteiger partial charge on any atom is 0.435 e. The molecule has 3 aliphatic rings. The van der Waals surface area contributed by atoms with Crippen molar-refractivity contribution in [2.24, 2.45) is 30.5 Å². The fourth-order valence-electron chi connectivity index (χ4n) is 7.37. The Balaban J connectivity index is 1.25. The van der Waals surface area contributed by atoms with E-state index in [1.807, 2.05) is 7.05 Å². The normalized spacial score (nSPS) is 26.9. The van der Waals surface area contributed by atoms with Gasteiger partial charge in [0.05, 0.1) is 16.3 Å². The van der Waals surface area contributed by atoms with Gasteiger partial charge in [-0.3, -0.25) is 9.48 Å². The Morgan fingerprint density at radius 3 is 2.41 bits per heavy atom. The summed E-state index contributed by atoms with van der Waals surface area (Å²) in [6.07, 6.45) is -1.90. The van der Waals surface area contributed by atoms with Crippen molar-refractivity contribution in [3.05, 3.63) is 57.9 Å². The summed E-state index contributed by atoms with van der Waals surface area (Å²) >= 11 is 5.97. The second-order valence-electron chi connectivity index (χ2n) is 12.0. The number of hydrogen-bond acceptors (Lipinski definition) is 5. The Kier molecular flexibility index (Phi) is 6.74. The van der Waals surface area contributed by atoms with Gasteiger partial charge >= 0.3 is 6.18 Å². The SMILES string of the molecule is CN1CC(Cn2cc(C3(O)CC4CC(c5nc(-c6ccc(F)c(Cl)c6)n(C)c5C(N)=O)CC4C3)c(C(F)(F)F)n2)C1. The standard InChI is InChI=1S/C28H31ClF4N6O2/c1-37-10-14(11-37)12-39-13-19(24(36-39)28(31,32)33)27(41)8-17-5-16(6-18(17)9-27)22-23(25(34)40)38(2)26(35-22)15-3-4-21(30)20(29)7-15/h3-4,7,13-14,16-18,41H,5-6,8-12H2,1-2H3,(H2,34,40). The third kappa shape index (κ3) is 4.93. The Bertz CT molecular complexity index is 1500. The van der Waals surface area contributed by atoms with Crippen molar-refractivity contribution in [3.8, 4) is 11.4 Å². The van der Waals surface area contributed by atoms with Gasteiger partial charge in [-0.1, -0.05) is 11.6 Å². The van der Waals surface area contributed by atoms with Crippen LogP contribution < -0.4 is 5.73 Å². The number of likely N-dealkylation sites (tertiary alicyclic amines) is 1. The van der Waals surface area contributed by atoms with Gasteiger partial charge in [-0.2, -0.15) is 18.3 Å². The van der Waals surface area contributed by atoms with Crippen molar-refractivity contribution >= 4 is 17.5 Å². The average Bonchev–Trinajstić information content (AvgIpc) is 3.60. The number of nitrogens with zero attached hydrogens (tertiary/aromatic N) is 5. The first-order chi connectivity index (χ1) is 19.2. The quantitative estimate of drug-likeness (QED) is 0.408. The number of amides is 1. The maximum atomic E-state index is 14.0. The van der Waals surface area contributed by atoms with Crippen LogP contribution in [-0.4, -0.2) is 55.4 Å². The molecule has 1 aromatic carbocycles. The zero-order valence-electron chi connectivity index (χ0n) is 22.6. The lowest BCUT2D eigenvalue weighted by atomic mass is 9.87. The number of carbonyl (C=O) groups is 1. The van der Waals surface area contributed by atoms with Crippen LogP contribution in [0.3, 0.4) is 0 Å². The van der Waals surface area contributed by atoms with E-state index in [4.69, 9.17) is 22.3 Å². The molecule has 0 radical (unpaired) electrons. The lowest BCUT2D eigenvalue weighted by Gasteiger charge is -2.36. The molecular formula is C28H31ClF4N6O2. The van der Waals surface area contributed by atoms with Crippen LogP contribution in [-0.2, 0) is 25.4 Å². The van der Waals surface area contributed by atoms with E-state index in [-0.39, 0.29) is 52.8 Å². The lowest BCUT2D eigenvalue weighted by Crippen LogP contribution is -2.45. The molecule has 3 aromatic rings. The minimum Gasteiger partial charge on any atom is -0.385 e. The number of alkyl halides is 3. The fraction of sp³-hybridized carbons (Fsp3) is 0.536. The van der Waals surface area contributed by atoms with E-state index in [9.17, 15) is 27.5 Å². The van der Waals surface area contributed by atoms with E-state index < -0.39 is 29.2 Å². The van der Waals surface area contributed by atoms with E-state index in [0.29, 0.717) is 36.5 Å². The first-order valence-electron chi connectivity index (χ1n) is 13.6. The van der Waals surface area contributed by atoms with Crippen LogP contribution in [0.1, 0.15) is 59.0 Å². The van der Waals surface area contributed by atoms with Crippen molar-refractivity contribution in [2.75, 3.05) is 20.1 Å². The Morgan fingerprint density at radius 1 is 1.20 bits per heavy atom. The fourth-order valence-corrected chi connectivity index (χ4v) is 7.55. The molecule has 2 aromatic heterocycles. The van der Waals surface area contributed by atoms with Gasteiger partial charge in [-0.25, -0.2) is 9.37 Å². The molecule has 0 bridgehead atoms. The number of primary amides is 1. The summed E-state index contributed by atoms with van der Waals surface area (Å²) in [5.41, 5.74) is 4.16.